The van der Waals surface area contributed by atoms with E-state index < -0.39 is 11.8 Å². The van der Waals surface area contributed by atoms with Gasteiger partial charge in [-0.2, -0.15) is 0 Å². The van der Waals surface area contributed by atoms with Crippen LogP contribution >= 0.6 is 0 Å². The summed E-state index contributed by atoms with van der Waals surface area (Å²) < 4.78 is 0. The fourth-order valence-electron chi connectivity index (χ4n) is 1.49. The molecule has 1 fully saturated rings. The lowest BCUT2D eigenvalue weighted by Crippen LogP contribution is -2.31. The molecule has 6 heteroatoms. The number of hydrazine groups is 1. The zero-order valence-corrected chi connectivity index (χ0v) is 9.58. The van der Waals surface area contributed by atoms with Crippen molar-refractivity contribution in [3.8, 4) is 0 Å². The van der Waals surface area contributed by atoms with Gasteiger partial charge >= 0.3 is 0 Å². The summed E-state index contributed by atoms with van der Waals surface area (Å²) in [4.78, 5) is 34.2. The molecule has 0 radical (unpaired) electrons. The van der Waals surface area contributed by atoms with E-state index in [1.165, 1.54) is 7.05 Å². The lowest BCUT2D eigenvalue weighted by atomic mass is 10.1. The number of rotatable bonds is 5. The second-order valence-corrected chi connectivity index (χ2v) is 3.83. The Morgan fingerprint density at radius 2 is 2.19 bits per heavy atom. The molecule has 0 spiro atoms. The summed E-state index contributed by atoms with van der Waals surface area (Å²) in [6.07, 6.45) is 1.82. The van der Waals surface area contributed by atoms with Crippen LogP contribution in [-0.2, 0) is 14.4 Å². The molecule has 1 heterocycles. The van der Waals surface area contributed by atoms with Gasteiger partial charge in [-0.3, -0.25) is 24.8 Å². The van der Waals surface area contributed by atoms with Crippen molar-refractivity contribution >= 4 is 17.7 Å². The van der Waals surface area contributed by atoms with Crippen LogP contribution in [0.1, 0.15) is 26.2 Å². The fourth-order valence-corrected chi connectivity index (χ4v) is 1.49. The summed E-state index contributed by atoms with van der Waals surface area (Å²) in [7, 11) is 1.47. The van der Waals surface area contributed by atoms with Crippen molar-refractivity contribution in [2.24, 2.45) is 5.92 Å². The Morgan fingerprint density at radius 3 is 2.69 bits per heavy atom. The van der Waals surface area contributed by atoms with Gasteiger partial charge in [0.1, 0.15) is 5.92 Å². The maximum Gasteiger partial charge on any atom is 0.253 e. The van der Waals surface area contributed by atoms with Crippen molar-refractivity contribution in [2.75, 3.05) is 13.6 Å². The topological polar surface area (TPSA) is 78.5 Å². The molecule has 0 saturated carbocycles. The van der Waals surface area contributed by atoms with E-state index in [0.717, 1.165) is 17.9 Å². The van der Waals surface area contributed by atoms with E-state index in [1.54, 1.807) is 0 Å². The highest BCUT2D eigenvalue weighted by Gasteiger charge is 2.38. The molecule has 1 unspecified atom stereocenters. The minimum atomic E-state index is -0.869. The Balaban J connectivity index is 2.39. The zero-order valence-electron chi connectivity index (χ0n) is 9.58. The van der Waals surface area contributed by atoms with E-state index in [1.807, 2.05) is 6.92 Å². The van der Waals surface area contributed by atoms with Crippen LogP contribution in [0.25, 0.3) is 0 Å². The monoisotopic (exact) mass is 227 g/mol. The molecule has 0 aromatic carbocycles. The van der Waals surface area contributed by atoms with E-state index >= 15 is 0 Å². The number of hydrogen-bond donors (Lipinski definition) is 2. The zero-order chi connectivity index (χ0) is 12.1. The Hall–Kier alpha value is -1.59. The lowest BCUT2D eigenvalue weighted by Gasteiger charge is -2.07. The number of carbonyl (C=O) groups excluding carboxylic acids is 3. The van der Waals surface area contributed by atoms with Crippen molar-refractivity contribution in [2.45, 2.75) is 26.2 Å². The van der Waals surface area contributed by atoms with Crippen LogP contribution in [0.2, 0.25) is 0 Å². The molecule has 1 atom stereocenters. The Bertz CT molecular complexity index is 304. The number of amides is 3. The van der Waals surface area contributed by atoms with Crippen molar-refractivity contribution < 1.29 is 14.4 Å². The van der Waals surface area contributed by atoms with Gasteiger partial charge in [-0.15, -0.1) is 0 Å². The Kier molecular flexibility index (Phi) is 4.28. The number of hydrogen-bond acceptors (Lipinski definition) is 3. The molecule has 16 heavy (non-hydrogen) atoms. The van der Waals surface area contributed by atoms with Gasteiger partial charge in [-0.25, -0.2) is 0 Å². The summed E-state index contributed by atoms with van der Waals surface area (Å²) >= 11 is 0. The van der Waals surface area contributed by atoms with Crippen LogP contribution < -0.4 is 10.7 Å². The Morgan fingerprint density at radius 1 is 1.50 bits per heavy atom. The first kappa shape index (κ1) is 12.5. The van der Waals surface area contributed by atoms with E-state index in [4.69, 9.17) is 0 Å². The molecule has 6 nitrogen and oxygen atoms in total. The molecule has 2 N–H and O–H groups in total. The maximum absolute atomic E-state index is 11.4. The highest BCUT2D eigenvalue weighted by molar-refractivity contribution is 6.07. The number of unbranched alkanes of at least 4 members (excludes halogenated alkanes) is 1. The summed E-state index contributed by atoms with van der Waals surface area (Å²) in [5.41, 5.74) is 2.35. The second kappa shape index (κ2) is 5.48. The Labute approximate surface area is 94.3 Å². The normalized spacial score (nSPS) is 19.9. The smallest absolute Gasteiger partial charge is 0.253 e. The van der Waals surface area contributed by atoms with Gasteiger partial charge < -0.3 is 5.32 Å². The summed E-state index contributed by atoms with van der Waals surface area (Å²) in [5.74, 6) is -1.88. The average Bonchev–Trinajstić information content (AvgIpc) is 2.46. The molecule has 1 rings (SSSR count). The fraction of sp³-hybridized carbons (Fsp3) is 0.700. The van der Waals surface area contributed by atoms with Crippen LogP contribution in [0.5, 0.6) is 0 Å². The first-order valence-corrected chi connectivity index (χ1v) is 5.41. The van der Waals surface area contributed by atoms with Crippen LogP contribution in [0.15, 0.2) is 0 Å². The minimum Gasteiger partial charge on any atom is -0.356 e. The van der Waals surface area contributed by atoms with Crippen LogP contribution in [-0.4, -0.2) is 36.3 Å². The molecular formula is C10H17N3O3. The van der Waals surface area contributed by atoms with Gasteiger partial charge in [0.15, 0.2) is 0 Å². The van der Waals surface area contributed by atoms with Gasteiger partial charge in [0, 0.05) is 20.0 Å². The highest BCUT2D eigenvalue weighted by atomic mass is 16.2. The summed E-state index contributed by atoms with van der Waals surface area (Å²) in [5, 5.41) is 3.79. The van der Waals surface area contributed by atoms with E-state index in [2.05, 4.69) is 10.7 Å². The number of nitrogens with zero attached hydrogens (tertiary/aromatic N) is 1. The van der Waals surface area contributed by atoms with Gasteiger partial charge in [0.25, 0.3) is 11.8 Å². The first-order chi connectivity index (χ1) is 7.56. The first-order valence-electron chi connectivity index (χ1n) is 5.41. The van der Waals surface area contributed by atoms with Gasteiger partial charge in [0.2, 0.25) is 5.91 Å². The number of nitrogens with one attached hydrogen (secondary N) is 2. The quantitative estimate of drug-likeness (QED) is 0.487. The summed E-state index contributed by atoms with van der Waals surface area (Å²) in [6.45, 7) is 2.61. The van der Waals surface area contributed by atoms with Crippen molar-refractivity contribution in [1.82, 2.24) is 15.8 Å². The number of carbonyl (C=O) groups is 3. The summed E-state index contributed by atoms with van der Waals surface area (Å²) in [6, 6.07) is 0. The minimum absolute atomic E-state index is 0.0707. The molecule has 0 bridgehead atoms. The van der Waals surface area contributed by atoms with Crippen molar-refractivity contribution in [1.29, 1.82) is 0 Å². The predicted molar refractivity (Wildman–Crippen MR) is 56.9 cm³/mol. The van der Waals surface area contributed by atoms with E-state index in [-0.39, 0.29) is 18.2 Å². The third-order valence-corrected chi connectivity index (χ3v) is 2.47. The van der Waals surface area contributed by atoms with Crippen molar-refractivity contribution in [3.63, 3.8) is 0 Å². The highest BCUT2D eigenvalue weighted by Crippen LogP contribution is 2.12. The van der Waals surface area contributed by atoms with E-state index in [0.29, 0.717) is 6.54 Å². The van der Waals surface area contributed by atoms with Crippen LogP contribution in [0.4, 0.5) is 0 Å². The van der Waals surface area contributed by atoms with Gasteiger partial charge in [-0.05, 0) is 6.42 Å². The molecule has 3 amide bonds. The molecule has 1 aliphatic heterocycles. The standard InChI is InChI=1S/C10H17N3O3/c1-3-4-5-11-8(14)6-7-9(15)12-13(2)10(7)16/h7H,3-6H2,1-2H3,(H,11,14)(H,12,15). The van der Waals surface area contributed by atoms with E-state index in [9.17, 15) is 14.4 Å². The molecule has 0 aliphatic carbocycles. The third-order valence-electron chi connectivity index (χ3n) is 2.47. The van der Waals surface area contributed by atoms with Crippen LogP contribution in [0, 0.1) is 5.92 Å². The maximum atomic E-state index is 11.4. The van der Waals surface area contributed by atoms with Gasteiger partial charge in [-0.1, -0.05) is 13.3 Å². The lowest BCUT2D eigenvalue weighted by molar-refractivity contribution is -0.135. The molecule has 0 aromatic heterocycles. The SMILES string of the molecule is CCCCNC(=O)CC1C(=O)NN(C)C1=O. The predicted octanol–water partition coefficient (Wildman–Crippen LogP) is -0.588. The largest absolute Gasteiger partial charge is 0.356 e. The average molecular weight is 227 g/mol. The van der Waals surface area contributed by atoms with Crippen LogP contribution in [0.3, 0.4) is 0 Å². The second-order valence-electron chi connectivity index (χ2n) is 3.83. The molecular weight excluding hydrogens is 210 g/mol. The molecule has 1 saturated heterocycles. The molecule has 0 aromatic rings. The molecule has 1 aliphatic rings. The van der Waals surface area contributed by atoms with Crippen molar-refractivity contribution in [3.05, 3.63) is 0 Å². The molecule has 90 valence electrons. The van der Waals surface area contributed by atoms with Gasteiger partial charge in [0.05, 0.1) is 0 Å². The third kappa shape index (κ3) is 2.95.